The molecule has 2 aliphatic carbocycles. The molecular weight excluding hydrogens is 264 g/mol. The summed E-state index contributed by atoms with van der Waals surface area (Å²) in [6.45, 7) is 20.7. The van der Waals surface area contributed by atoms with Gasteiger partial charge in [0.25, 0.3) is 0 Å². The van der Waals surface area contributed by atoms with Crippen LogP contribution in [0.4, 0.5) is 0 Å². The summed E-state index contributed by atoms with van der Waals surface area (Å²) in [5, 5.41) is 0. The Morgan fingerprint density at radius 1 is 0.409 bits per heavy atom. The Hall–Kier alpha value is 0. The quantitative estimate of drug-likeness (QED) is 0.417. The van der Waals surface area contributed by atoms with Crippen LogP contribution in [0.2, 0.25) is 0 Å². The van der Waals surface area contributed by atoms with Gasteiger partial charge in [-0.25, -0.2) is 0 Å². The van der Waals surface area contributed by atoms with Gasteiger partial charge in [0.05, 0.1) is 0 Å². The zero-order chi connectivity index (χ0) is 17.5. The molecule has 0 N–H and O–H groups in total. The minimum Gasteiger partial charge on any atom is -0.0776 e. The van der Waals surface area contributed by atoms with Crippen molar-refractivity contribution in [1.29, 1.82) is 0 Å². The highest BCUT2D eigenvalue weighted by atomic mass is 14.1. The Bertz CT molecular complexity index is 105. The summed E-state index contributed by atoms with van der Waals surface area (Å²) in [5.74, 6) is 2.08. The summed E-state index contributed by atoms with van der Waals surface area (Å²) in [4.78, 5) is 0. The van der Waals surface area contributed by atoms with Crippen molar-refractivity contribution in [2.45, 2.75) is 134 Å². The summed E-state index contributed by atoms with van der Waals surface area (Å²) in [5.41, 5.74) is 0. The smallest absolute Gasteiger partial charge is 0.0443 e. The van der Waals surface area contributed by atoms with Crippen LogP contribution in [-0.2, 0) is 0 Å². The van der Waals surface area contributed by atoms with Crippen molar-refractivity contribution in [2.75, 3.05) is 0 Å². The van der Waals surface area contributed by atoms with Crippen molar-refractivity contribution in [2.24, 2.45) is 11.8 Å². The van der Waals surface area contributed by atoms with Gasteiger partial charge >= 0.3 is 0 Å². The Morgan fingerprint density at radius 2 is 0.591 bits per heavy atom. The van der Waals surface area contributed by atoms with Crippen molar-refractivity contribution >= 4 is 0 Å². The molecular formula is C22H54. The normalized spacial score (nSPS) is 16.1. The minimum absolute atomic E-state index is 0. The molecule has 0 nitrogen and oxygen atoms in total. The molecule has 0 bridgehead atoms. The van der Waals surface area contributed by atoms with Crippen molar-refractivity contribution in [1.82, 2.24) is 0 Å². The van der Waals surface area contributed by atoms with E-state index in [-0.39, 0.29) is 7.43 Å². The molecule has 2 aliphatic rings. The summed E-state index contributed by atoms with van der Waals surface area (Å²) < 4.78 is 0. The van der Waals surface area contributed by atoms with Crippen LogP contribution in [0, 0.1) is 11.8 Å². The maximum absolute atomic E-state index is 2.36. The van der Waals surface area contributed by atoms with Gasteiger partial charge < -0.3 is 0 Å². The van der Waals surface area contributed by atoms with Crippen LogP contribution in [-0.4, -0.2) is 0 Å². The van der Waals surface area contributed by atoms with Crippen molar-refractivity contribution in [3.63, 3.8) is 0 Å². The van der Waals surface area contributed by atoms with Gasteiger partial charge in [-0.15, -0.1) is 0 Å². The van der Waals surface area contributed by atoms with E-state index in [4.69, 9.17) is 0 Å². The lowest BCUT2D eigenvalue weighted by Crippen LogP contribution is -1.99. The van der Waals surface area contributed by atoms with Crippen molar-refractivity contribution in [3.05, 3.63) is 0 Å². The summed E-state index contributed by atoms with van der Waals surface area (Å²) in [6.07, 6.45) is 13.4. The third kappa shape index (κ3) is 32.1. The van der Waals surface area contributed by atoms with E-state index in [1.807, 2.05) is 55.4 Å². The van der Waals surface area contributed by atoms with E-state index >= 15 is 0 Å². The molecule has 0 heteroatoms. The average molecular weight is 319 g/mol. The first-order valence-corrected chi connectivity index (χ1v) is 10.3. The molecule has 0 heterocycles. The van der Waals surface area contributed by atoms with Gasteiger partial charge in [-0.1, -0.05) is 134 Å². The highest BCUT2D eigenvalue weighted by Crippen LogP contribution is 2.23. The fourth-order valence-corrected chi connectivity index (χ4v) is 2.44. The maximum Gasteiger partial charge on any atom is -0.0443 e. The third-order valence-electron chi connectivity index (χ3n) is 3.54. The van der Waals surface area contributed by atoms with Crippen LogP contribution in [0.5, 0.6) is 0 Å². The molecule has 0 saturated heterocycles. The molecule has 142 valence electrons. The van der Waals surface area contributed by atoms with Crippen molar-refractivity contribution in [3.8, 4) is 0 Å². The van der Waals surface area contributed by atoms with Gasteiger partial charge in [-0.2, -0.15) is 0 Å². The average Bonchev–Trinajstić information content (AvgIpc) is 3.07. The molecule has 2 fully saturated rings. The van der Waals surface area contributed by atoms with Crippen LogP contribution in [0.3, 0.4) is 0 Å². The van der Waals surface area contributed by atoms with Gasteiger partial charge in [0.2, 0.25) is 0 Å². The van der Waals surface area contributed by atoms with Crippen LogP contribution in [0.25, 0.3) is 0 Å². The molecule has 0 spiro atoms. The van der Waals surface area contributed by atoms with Crippen LogP contribution in [0.15, 0.2) is 0 Å². The molecule has 0 amide bonds. The molecule has 0 unspecified atom stereocenters. The first-order chi connectivity index (χ1) is 10.3. The summed E-state index contributed by atoms with van der Waals surface area (Å²) in [7, 11) is 0. The fourth-order valence-electron chi connectivity index (χ4n) is 2.44. The van der Waals surface area contributed by atoms with Gasteiger partial charge in [-0.3, -0.25) is 0 Å². The summed E-state index contributed by atoms with van der Waals surface area (Å²) >= 11 is 0. The Balaban J connectivity index is -0.0000000590. The Labute approximate surface area is 146 Å². The number of hydrogen-bond donors (Lipinski definition) is 0. The van der Waals surface area contributed by atoms with Crippen LogP contribution in [0.1, 0.15) is 134 Å². The lowest BCUT2D eigenvalue weighted by atomic mass is 9.91. The first-order valence-electron chi connectivity index (χ1n) is 10.3. The molecule has 0 atom stereocenters. The summed E-state index contributed by atoms with van der Waals surface area (Å²) in [6, 6.07) is 0. The second kappa shape index (κ2) is 37.3. The molecule has 0 radical (unpaired) electrons. The van der Waals surface area contributed by atoms with Crippen LogP contribution < -0.4 is 0 Å². The predicted octanol–water partition coefficient (Wildman–Crippen LogP) is 9.52. The molecule has 22 heavy (non-hydrogen) atoms. The molecule has 0 aliphatic heterocycles. The number of hydrogen-bond acceptors (Lipinski definition) is 0. The molecule has 0 aromatic rings. The van der Waals surface area contributed by atoms with Crippen molar-refractivity contribution < 1.29 is 0 Å². The predicted molar refractivity (Wildman–Crippen MR) is 112 cm³/mol. The highest BCUT2D eigenvalue weighted by molar-refractivity contribution is 4.60. The second-order valence-electron chi connectivity index (χ2n) is 5.13. The van der Waals surface area contributed by atoms with Gasteiger partial charge in [0, 0.05) is 0 Å². The zero-order valence-corrected chi connectivity index (χ0v) is 17.5. The Morgan fingerprint density at radius 3 is 0.682 bits per heavy atom. The van der Waals surface area contributed by atoms with E-state index in [1.54, 1.807) is 0 Å². The minimum atomic E-state index is 0. The first kappa shape index (κ1) is 33.6. The highest BCUT2D eigenvalue weighted by Gasteiger charge is 2.07. The van der Waals surface area contributed by atoms with Gasteiger partial charge in [0.15, 0.2) is 0 Å². The fraction of sp³-hybridized carbons (Fsp3) is 1.00. The van der Waals surface area contributed by atoms with Gasteiger partial charge in [0.1, 0.15) is 0 Å². The monoisotopic (exact) mass is 318 g/mol. The largest absolute Gasteiger partial charge is 0.0776 e. The molecule has 2 rings (SSSR count). The van der Waals surface area contributed by atoms with Crippen LogP contribution >= 0.6 is 0 Å². The molecule has 0 aromatic carbocycles. The van der Waals surface area contributed by atoms with E-state index in [0.29, 0.717) is 0 Å². The lowest BCUT2D eigenvalue weighted by Gasteiger charge is -2.15. The third-order valence-corrected chi connectivity index (χ3v) is 3.54. The molecule has 0 aromatic heterocycles. The van der Waals surface area contributed by atoms with E-state index in [0.717, 1.165) is 11.8 Å². The van der Waals surface area contributed by atoms with E-state index in [1.165, 1.54) is 57.8 Å². The second-order valence-corrected chi connectivity index (χ2v) is 5.13. The van der Waals surface area contributed by atoms with E-state index < -0.39 is 0 Å². The van der Waals surface area contributed by atoms with Gasteiger partial charge in [-0.05, 0) is 11.8 Å². The van der Waals surface area contributed by atoms with E-state index in [9.17, 15) is 0 Å². The number of rotatable bonds is 0. The molecule has 2 saturated carbocycles. The SMILES string of the molecule is C.CC.CC.CC.CC.CC1CCCC1.CC1CCCCC1. The maximum atomic E-state index is 2.36. The zero-order valence-electron chi connectivity index (χ0n) is 17.5. The van der Waals surface area contributed by atoms with E-state index in [2.05, 4.69) is 13.8 Å². The topological polar surface area (TPSA) is 0 Å². The lowest BCUT2D eigenvalue weighted by molar-refractivity contribution is 0.385. The Kier molecular flexibility index (Phi) is 57.0. The standard InChI is InChI=1S/C7H14.C6H12.4C2H6.CH4/c1-7-5-3-2-4-6-7;1-6-4-2-3-5-6;4*1-2;/h7H,2-6H2,1H3;6H,2-5H2,1H3;4*1-2H3;1H4.